The van der Waals surface area contributed by atoms with Gasteiger partial charge in [-0.3, -0.25) is 10.2 Å². The van der Waals surface area contributed by atoms with Crippen LogP contribution >= 0.6 is 0 Å². The molecule has 0 radical (unpaired) electrons. The molecule has 0 saturated heterocycles. The van der Waals surface area contributed by atoms with Gasteiger partial charge in [-0.1, -0.05) is 18.2 Å². The molecule has 0 aliphatic rings. The van der Waals surface area contributed by atoms with Gasteiger partial charge in [0.2, 0.25) is 15.9 Å². The first-order valence-corrected chi connectivity index (χ1v) is 11.6. The Morgan fingerprint density at radius 1 is 1.06 bits per heavy atom. The molecule has 8 nitrogen and oxygen atoms in total. The van der Waals surface area contributed by atoms with E-state index in [0.717, 1.165) is 33.2 Å². The monoisotopic (exact) mass is 461 g/mol. The van der Waals surface area contributed by atoms with Crippen LogP contribution in [0.5, 0.6) is 0 Å². The van der Waals surface area contributed by atoms with Crippen molar-refractivity contribution in [1.29, 1.82) is 5.41 Å². The molecule has 0 aliphatic carbocycles. The standard InChI is InChI=1S/C24H23N5O3S/c1-14-10-19(33(27,31)32)7-8-20(14)15-2-5-18(6-3-15)29-23(30)12-17-13-28-22-9-4-16(24(25)26)11-21(17)22/h2-11,13,28H,12H2,1H3,(H3,25,26)(H,29,30)(H2,27,31,32). The van der Waals surface area contributed by atoms with E-state index in [4.69, 9.17) is 16.3 Å². The molecule has 7 N–H and O–H groups in total. The Bertz CT molecular complexity index is 1490. The summed E-state index contributed by atoms with van der Waals surface area (Å²) in [5, 5.41) is 16.5. The number of nitrogens with one attached hydrogen (secondary N) is 3. The number of anilines is 1. The van der Waals surface area contributed by atoms with Crippen LogP contribution in [-0.2, 0) is 21.2 Å². The van der Waals surface area contributed by atoms with Gasteiger partial charge >= 0.3 is 0 Å². The molecule has 0 saturated carbocycles. The molecule has 4 aromatic rings. The van der Waals surface area contributed by atoms with Gasteiger partial charge in [-0.2, -0.15) is 0 Å². The quantitative estimate of drug-likeness (QED) is 0.221. The van der Waals surface area contributed by atoms with Crippen molar-refractivity contribution in [3.05, 3.63) is 83.6 Å². The van der Waals surface area contributed by atoms with Gasteiger partial charge in [0.05, 0.1) is 11.3 Å². The maximum absolute atomic E-state index is 12.6. The Labute approximate surface area is 191 Å². The number of fused-ring (bicyclic) bond motifs is 1. The smallest absolute Gasteiger partial charge is 0.238 e. The van der Waals surface area contributed by atoms with Gasteiger partial charge in [-0.05, 0) is 71.6 Å². The lowest BCUT2D eigenvalue weighted by atomic mass is 10.0. The van der Waals surface area contributed by atoms with Gasteiger partial charge < -0.3 is 16.0 Å². The first kappa shape index (κ1) is 22.3. The van der Waals surface area contributed by atoms with E-state index in [2.05, 4.69) is 10.3 Å². The second-order valence-corrected chi connectivity index (χ2v) is 9.37. The van der Waals surface area contributed by atoms with E-state index >= 15 is 0 Å². The maximum Gasteiger partial charge on any atom is 0.238 e. The minimum atomic E-state index is -3.75. The number of H-pyrrole nitrogens is 1. The number of aryl methyl sites for hydroxylation is 1. The van der Waals surface area contributed by atoms with Crippen LogP contribution in [0.15, 0.2) is 71.8 Å². The highest BCUT2D eigenvalue weighted by Crippen LogP contribution is 2.27. The van der Waals surface area contributed by atoms with Crippen molar-refractivity contribution in [2.75, 3.05) is 5.32 Å². The molecule has 3 aromatic carbocycles. The first-order chi connectivity index (χ1) is 15.6. The molecule has 1 amide bonds. The van der Waals surface area contributed by atoms with Crippen molar-refractivity contribution < 1.29 is 13.2 Å². The molecule has 1 heterocycles. The number of amides is 1. The van der Waals surface area contributed by atoms with E-state index < -0.39 is 10.0 Å². The van der Waals surface area contributed by atoms with Crippen LogP contribution in [0.25, 0.3) is 22.0 Å². The number of primary sulfonamides is 1. The molecule has 0 unspecified atom stereocenters. The topological polar surface area (TPSA) is 155 Å². The average molecular weight is 462 g/mol. The predicted molar refractivity (Wildman–Crippen MR) is 130 cm³/mol. The lowest BCUT2D eigenvalue weighted by molar-refractivity contribution is -0.115. The van der Waals surface area contributed by atoms with Crippen molar-refractivity contribution in [2.24, 2.45) is 10.9 Å². The third-order valence-corrected chi connectivity index (χ3v) is 6.35. The fraction of sp³-hybridized carbons (Fsp3) is 0.0833. The normalized spacial score (nSPS) is 11.5. The van der Waals surface area contributed by atoms with Crippen molar-refractivity contribution in [3.63, 3.8) is 0 Å². The molecule has 0 fully saturated rings. The Kier molecular flexibility index (Phi) is 5.75. The van der Waals surface area contributed by atoms with Crippen LogP contribution in [0.2, 0.25) is 0 Å². The fourth-order valence-electron chi connectivity index (χ4n) is 3.74. The number of aromatic amines is 1. The largest absolute Gasteiger partial charge is 0.384 e. The molecular weight excluding hydrogens is 438 g/mol. The number of sulfonamides is 1. The van der Waals surface area contributed by atoms with Crippen molar-refractivity contribution in [3.8, 4) is 11.1 Å². The molecule has 168 valence electrons. The highest BCUT2D eigenvalue weighted by Gasteiger charge is 2.12. The number of benzene rings is 3. The lowest BCUT2D eigenvalue weighted by Gasteiger charge is -2.10. The highest BCUT2D eigenvalue weighted by molar-refractivity contribution is 7.89. The third-order valence-electron chi connectivity index (χ3n) is 5.44. The lowest BCUT2D eigenvalue weighted by Crippen LogP contribution is -2.14. The number of hydrogen-bond acceptors (Lipinski definition) is 4. The van der Waals surface area contributed by atoms with Crippen LogP contribution in [0.4, 0.5) is 5.69 Å². The number of nitrogens with two attached hydrogens (primary N) is 2. The Morgan fingerprint density at radius 3 is 2.42 bits per heavy atom. The van der Waals surface area contributed by atoms with Gasteiger partial charge in [0.25, 0.3) is 0 Å². The molecule has 0 atom stereocenters. The summed E-state index contributed by atoms with van der Waals surface area (Å²) in [6.07, 6.45) is 1.95. The van der Waals surface area contributed by atoms with Crippen molar-refractivity contribution in [1.82, 2.24) is 4.98 Å². The average Bonchev–Trinajstić information content (AvgIpc) is 3.15. The number of carbonyl (C=O) groups excluding carboxylic acids is 1. The molecule has 1 aromatic heterocycles. The van der Waals surface area contributed by atoms with Gasteiger partial charge in [-0.15, -0.1) is 0 Å². The van der Waals surface area contributed by atoms with Gasteiger partial charge in [0, 0.05) is 28.4 Å². The van der Waals surface area contributed by atoms with Gasteiger partial charge in [-0.25, -0.2) is 13.6 Å². The zero-order chi connectivity index (χ0) is 23.8. The van der Waals surface area contributed by atoms with E-state index in [-0.39, 0.29) is 23.1 Å². The second-order valence-electron chi connectivity index (χ2n) is 7.81. The van der Waals surface area contributed by atoms with Gasteiger partial charge in [0.15, 0.2) is 0 Å². The van der Waals surface area contributed by atoms with E-state index in [9.17, 15) is 13.2 Å². The summed E-state index contributed by atoms with van der Waals surface area (Å²) in [6.45, 7) is 1.82. The number of amidine groups is 1. The summed E-state index contributed by atoms with van der Waals surface area (Å²) in [4.78, 5) is 15.8. The number of hydrogen-bond donors (Lipinski definition) is 5. The van der Waals surface area contributed by atoms with Crippen LogP contribution in [0, 0.1) is 12.3 Å². The van der Waals surface area contributed by atoms with Crippen LogP contribution < -0.4 is 16.2 Å². The number of nitrogen functional groups attached to an aromatic ring is 1. The molecule has 0 bridgehead atoms. The maximum atomic E-state index is 12.6. The Balaban J connectivity index is 1.49. The first-order valence-electron chi connectivity index (χ1n) is 10.1. The number of rotatable bonds is 6. The molecule has 9 heteroatoms. The summed E-state index contributed by atoms with van der Waals surface area (Å²) in [7, 11) is -3.75. The Morgan fingerprint density at radius 2 is 1.79 bits per heavy atom. The summed E-state index contributed by atoms with van der Waals surface area (Å²) in [5.41, 5.74) is 11.1. The van der Waals surface area contributed by atoms with E-state index in [1.54, 1.807) is 42.6 Å². The Hall–Kier alpha value is -3.95. The predicted octanol–water partition coefficient (Wildman–Crippen LogP) is 3.26. The molecule has 4 rings (SSSR count). The molecular formula is C24H23N5O3S. The zero-order valence-corrected chi connectivity index (χ0v) is 18.7. The molecule has 0 spiro atoms. The summed E-state index contributed by atoms with van der Waals surface area (Å²) in [6, 6.07) is 17.4. The summed E-state index contributed by atoms with van der Waals surface area (Å²) < 4.78 is 23.1. The second kappa shape index (κ2) is 8.53. The minimum Gasteiger partial charge on any atom is -0.384 e. The molecule has 0 aliphatic heterocycles. The van der Waals surface area contributed by atoms with E-state index in [0.29, 0.717) is 11.3 Å². The van der Waals surface area contributed by atoms with Crippen LogP contribution in [0.3, 0.4) is 0 Å². The van der Waals surface area contributed by atoms with Gasteiger partial charge in [0.1, 0.15) is 5.84 Å². The van der Waals surface area contributed by atoms with Crippen LogP contribution in [0.1, 0.15) is 16.7 Å². The number of carbonyl (C=O) groups is 1. The summed E-state index contributed by atoms with van der Waals surface area (Å²) in [5.74, 6) is -0.200. The zero-order valence-electron chi connectivity index (χ0n) is 17.8. The highest BCUT2D eigenvalue weighted by atomic mass is 32.2. The number of aromatic nitrogens is 1. The van der Waals surface area contributed by atoms with Crippen LogP contribution in [-0.4, -0.2) is 25.1 Å². The summed E-state index contributed by atoms with van der Waals surface area (Å²) >= 11 is 0. The van der Waals surface area contributed by atoms with Crippen molar-refractivity contribution in [2.45, 2.75) is 18.2 Å². The van der Waals surface area contributed by atoms with E-state index in [1.165, 1.54) is 6.07 Å². The molecule has 33 heavy (non-hydrogen) atoms. The fourth-order valence-corrected chi connectivity index (χ4v) is 4.34. The minimum absolute atomic E-state index is 0.0249. The van der Waals surface area contributed by atoms with E-state index in [1.807, 2.05) is 25.1 Å². The third kappa shape index (κ3) is 4.79. The van der Waals surface area contributed by atoms with Crippen molar-refractivity contribution >= 4 is 38.4 Å². The SMILES string of the molecule is Cc1cc(S(N)(=O)=O)ccc1-c1ccc(NC(=O)Cc2c[nH]c3ccc(C(=N)N)cc23)cc1.